The summed E-state index contributed by atoms with van der Waals surface area (Å²) >= 11 is 0. The number of carbonyl (C=O) groups is 1. The first-order valence-corrected chi connectivity index (χ1v) is 7.57. The molecule has 8 heteroatoms. The first kappa shape index (κ1) is 19.0. The number of likely N-dealkylation sites (N-methyl/N-ethyl adjacent to an activating group) is 1. The van der Waals surface area contributed by atoms with Crippen LogP contribution in [0.1, 0.15) is 11.1 Å². The highest BCUT2D eigenvalue weighted by atomic mass is 19.3. The third-order valence-corrected chi connectivity index (χ3v) is 3.48. The highest BCUT2D eigenvalue weighted by Gasteiger charge is 2.11. The lowest BCUT2D eigenvalue weighted by molar-refractivity contribution is -0.385. The van der Waals surface area contributed by atoms with Gasteiger partial charge in [-0.25, -0.2) is 0 Å². The Bertz CT molecular complexity index is 807. The first-order chi connectivity index (χ1) is 12.4. The number of nitro groups is 1. The van der Waals surface area contributed by atoms with Gasteiger partial charge in [0.05, 0.1) is 10.5 Å². The highest BCUT2D eigenvalue weighted by molar-refractivity contribution is 5.92. The minimum Gasteiger partial charge on any atom is -0.435 e. The van der Waals surface area contributed by atoms with E-state index in [4.69, 9.17) is 0 Å². The van der Waals surface area contributed by atoms with Gasteiger partial charge in [0, 0.05) is 25.7 Å². The van der Waals surface area contributed by atoms with Gasteiger partial charge in [-0.15, -0.1) is 0 Å². The molecule has 6 nitrogen and oxygen atoms in total. The van der Waals surface area contributed by atoms with Crippen LogP contribution in [0.4, 0.5) is 14.5 Å². The number of ether oxygens (including phenoxy) is 1. The van der Waals surface area contributed by atoms with E-state index in [0.29, 0.717) is 5.56 Å². The zero-order valence-electron chi connectivity index (χ0n) is 13.8. The second-order valence-electron chi connectivity index (χ2n) is 5.37. The van der Waals surface area contributed by atoms with Gasteiger partial charge in [0.15, 0.2) is 0 Å². The molecular weight excluding hydrogens is 346 g/mol. The molecule has 2 aromatic carbocycles. The molecule has 0 radical (unpaired) electrons. The summed E-state index contributed by atoms with van der Waals surface area (Å²) in [6.07, 6.45) is 2.63. The smallest absolute Gasteiger partial charge is 0.387 e. The van der Waals surface area contributed by atoms with Crippen molar-refractivity contribution in [3.8, 4) is 5.75 Å². The monoisotopic (exact) mass is 362 g/mol. The van der Waals surface area contributed by atoms with Gasteiger partial charge < -0.3 is 9.64 Å². The fraction of sp³-hybridized carbons (Fsp3) is 0.167. The van der Waals surface area contributed by atoms with Gasteiger partial charge in [-0.1, -0.05) is 24.3 Å². The number of benzene rings is 2. The van der Waals surface area contributed by atoms with Crippen LogP contribution >= 0.6 is 0 Å². The van der Waals surface area contributed by atoms with Crippen molar-refractivity contribution in [1.29, 1.82) is 0 Å². The van der Waals surface area contributed by atoms with Crippen LogP contribution in [0.25, 0.3) is 6.08 Å². The number of rotatable bonds is 7. The quantitative estimate of drug-likeness (QED) is 0.426. The Labute approximate surface area is 148 Å². The number of halogens is 2. The Hall–Kier alpha value is -3.29. The van der Waals surface area contributed by atoms with E-state index < -0.39 is 11.5 Å². The SMILES string of the molecule is CN(Cc1ccc(OC(F)F)cc1)C(=O)/C=C/c1ccccc1[N+](=O)[O-]. The van der Waals surface area contributed by atoms with Crippen molar-refractivity contribution in [2.45, 2.75) is 13.2 Å². The predicted molar refractivity (Wildman–Crippen MR) is 91.7 cm³/mol. The largest absolute Gasteiger partial charge is 0.435 e. The van der Waals surface area contributed by atoms with Gasteiger partial charge >= 0.3 is 6.61 Å². The summed E-state index contributed by atoms with van der Waals surface area (Å²) in [6, 6.07) is 12.0. The average Bonchev–Trinajstić information content (AvgIpc) is 2.61. The molecule has 0 spiro atoms. The minimum absolute atomic E-state index is 0.0361. The second kappa shape index (κ2) is 8.70. The maximum Gasteiger partial charge on any atom is 0.387 e. The number of hydrogen-bond acceptors (Lipinski definition) is 4. The van der Waals surface area contributed by atoms with Crippen molar-refractivity contribution in [2.24, 2.45) is 0 Å². The van der Waals surface area contributed by atoms with Crippen LogP contribution < -0.4 is 4.74 Å². The Balaban J connectivity index is 2.00. The van der Waals surface area contributed by atoms with E-state index in [1.807, 2.05) is 0 Å². The normalized spacial score (nSPS) is 10.9. The molecule has 0 unspecified atom stereocenters. The van der Waals surface area contributed by atoms with Crippen LogP contribution in [0.5, 0.6) is 5.75 Å². The second-order valence-corrected chi connectivity index (χ2v) is 5.37. The van der Waals surface area contributed by atoms with Crippen LogP contribution in [0.15, 0.2) is 54.6 Å². The summed E-state index contributed by atoms with van der Waals surface area (Å²) in [6.45, 7) is -2.65. The van der Waals surface area contributed by atoms with Gasteiger partial charge in [-0.05, 0) is 29.8 Å². The van der Waals surface area contributed by atoms with E-state index >= 15 is 0 Å². The molecule has 1 amide bonds. The van der Waals surface area contributed by atoms with Gasteiger partial charge in [-0.3, -0.25) is 14.9 Å². The number of nitro benzene ring substituents is 1. The van der Waals surface area contributed by atoms with Gasteiger partial charge in [0.2, 0.25) is 5.91 Å². The molecular formula is C18H16F2N2O4. The summed E-state index contributed by atoms with van der Waals surface area (Å²) in [7, 11) is 1.57. The van der Waals surface area contributed by atoms with Crippen molar-refractivity contribution >= 4 is 17.7 Å². The number of para-hydroxylation sites is 1. The molecule has 0 bridgehead atoms. The molecule has 0 saturated carbocycles. The maximum absolute atomic E-state index is 12.2. The van der Waals surface area contributed by atoms with Crippen LogP contribution in [0, 0.1) is 10.1 Å². The van der Waals surface area contributed by atoms with Crippen LogP contribution in [-0.2, 0) is 11.3 Å². The van der Waals surface area contributed by atoms with Crippen molar-refractivity contribution in [2.75, 3.05) is 7.05 Å². The number of alkyl halides is 2. The summed E-state index contributed by atoms with van der Waals surface area (Å²) < 4.78 is 28.5. The predicted octanol–water partition coefficient (Wildman–Crippen LogP) is 3.87. The van der Waals surface area contributed by atoms with E-state index in [9.17, 15) is 23.7 Å². The average molecular weight is 362 g/mol. The fourth-order valence-corrected chi connectivity index (χ4v) is 2.21. The van der Waals surface area contributed by atoms with Crippen molar-refractivity contribution in [1.82, 2.24) is 4.90 Å². The van der Waals surface area contributed by atoms with Crippen molar-refractivity contribution in [3.63, 3.8) is 0 Å². The Kier molecular flexibility index (Phi) is 6.37. The van der Waals surface area contributed by atoms with E-state index in [2.05, 4.69) is 4.74 Å². The summed E-state index contributed by atoms with van der Waals surface area (Å²) in [5.74, 6) is -0.315. The van der Waals surface area contributed by atoms with Gasteiger partial charge in [-0.2, -0.15) is 8.78 Å². The number of hydrogen-bond donors (Lipinski definition) is 0. The molecule has 0 saturated heterocycles. The fourth-order valence-electron chi connectivity index (χ4n) is 2.21. The topological polar surface area (TPSA) is 72.7 Å². The zero-order valence-corrected chi connectivity index (χ0v) is 13.8. The lowest BCUT2D eigenvalue weighted by atomic mass is 10.1. The third-order valence-electron chi connectivity index (χ3n) is 3.48. The summed E-state index contributed by atoms with van der Waals surface area (Å²) in [5.41, 5.74) is 0.961. The standard InChI is InChI=1S/C18H16F2N2O4/c1-21(12-13-6-9-15(10-7-13)26-18(19)20)17(23)11-8-14-4-2-3-5-16(14)22(24)25/h2-11,18H,12H2,1H3/b11-8+. The van der Waals surface area contributed by atoms with E-state index in [0.717, 1.165) is 5.56 Å². The van der Waals surface area contributed by atoms with E-state index in [-0.39, 0.29) is 23.9 Å². The maximum atomic E-state index is 12.2. The molecule has 0 aliphatic heterocycles. The molecule has 0 fully saturated rings. The number of amides is 1. The molecule has 0 N–H and O–H groups in total. The molecule has 2 aromatic rings. The van der Waals surface area contributed by atoms with E-state index in [1.165, 1.54) is 35.3 Å². The van der Waals surface area contributed by atoms with Crippen LogP contribution in [0.3, 0.4) is 0 Å². The van der Waals surface area contributed by atoms with E-state index in [1.54, 1.807) is 37.4 Å². The number of nitrogens with zero attached hydrogens (tertiary/aromatic N) is 2. The van der Waals surface area contributed by atoms with Crippen LogP contribution in [0.2, 0.25) is 0 Å². The first-order valence-electron chi connectivity index (χ1n) is 7.57. The molecule has 0 aliphatic rings. The Morgan fingerprint density at radius 2 is 1.88 bits per heavy atom. The van der Waals surface area contributed by atoms with Crippen LogP contribution in [-0.4, -0.2) is 29.4 Å². The molecule has 2 rings (SSSR count). The highest BCUT2D eigenvalue weighted by Crippen LogP contribution is 2.19. The molecule has 136 valence electrons. The molecule has 0 aromatic heterocycles. The van der Waals surface area contributed by atoms with Gasteiger partial charge in [0.25, 0.3) is 5.69 Å². The molecule has 0 aliphatic carbocycles. The van der Waals surface area contributed by atoms with Crippen molar-refractivity contribution < 1.29 is 23.2 Å². The zero-order chi connectivity index (χ0) is 19.1. The summed E-state index contributed by atoms with van der Waals surface area (Å²) in [5, 5.41) is 11.0. The molecule has 26 heavy (non-hydrogen) atoms. The molecule has 0 atom stereocenters. The summed E-state index contributed by atoms with van der Waals surface area (Å²) in [4.78, 5) is 24.0. The number of carbonyl (C=O) groups excluding carboxylic acids is 1. The minimum atomic E-state index is -2.89. The third kappa shape index (κ3) is 5.37. The Morgan fingerprint density at radius 1 is 1.23 bits per heavy atom. The lowest BCUT2D eigenvalue weighted by Gasteiger charge is -2.15. The lowest BCUT2D eigenvalue weighted by Crippen LogP contribution is -2.24. The van der Waals surface area contributed by atoms with Crippen molar-refractivity contribution in [3.05, 3.63) is 75.8 Å². The Morgan fingerprint density at radius 3 is 2.50 bits per heavy atom. The molecule has 0 heterocycles. The van der Waals surface area contributed by atoms with Gasteiger partial charge in [0.1, 0.15) is 5.75 Å².